The van der Waals surface area contributed by atoms with Crippen LogP contribution in [0.2, 0.25) is 5.02 Å². The van der Waals surface area contributed by atoms with Gasteiger partial charge in [-0.1, -0.05) is 11.6 Å². The molecule has 0 atom stereocenters. The van der Waals surface area contributed by atoms with Crippen LogP contribution in [0.3, 0.4) is 0 Å². The van der Waals surface area contributed by atoms with Gasteiger partial charge in [-0.05, 0) is 44.5 Å². The molecule has 0 spiro atoms. The van der Waals surface area contributed by atoms with Crippen LogP contribution in [0.15, 0.2) is 34.7 Å². The fourth-order valence-electron chi connectivity index (χ4n) is 2.65. The number of nitro benzene ring substituents is 1. The number of anilines is 1. The molecule has 0 aliphatic rings. The quantitative estimate of drug-likeness (QED) is 0.519. The van der Waals surface area contributed by atoms with Crippen LogP contribution in [0.1, 0.15) is 33.3 Å². The Balaban J connectivity index is 1.73. The maximum atomic E-state index is 12.4. The van der Waals surface area contributed by atoms with E-state index in [4.69, 9.17) is 16.0 Å². The molecule has 140 valence electrons. The number of benzene rings is 1. The molecule has 0 bridgehead atoms. The van der Waals surface area contributed by atoms with E-state index in [0.717, 1.165) is 11.4 Å². The van der Waals surface area contributed by atoms with Gasteiger partial charge in [-0.2, -0.15) is 5.10 Å². The minimum atomic E-state index is -0.483. The van der Waals surface area contributed by atoms with Crippen molar-refractivity contribution in [3.8, 4) is 0 Å². The molecule has 0 saturated heterocycles. The van der Waals surface area contributed by atoms with Gasteiger partial charge in [-0.15, -0.1) is 0 Å². The number of furan rings is 1. The van der Waals surface area contributed by atoms with Gasteiger partial charge in [0.05, 0.1) is 27.9 Å². The topological polar surface area (TPSA) is 103 Å². The molecule has 8 nitrogen and oxygen atoms in total. The number of amides is 1. The highest BCUT2D eigenvalue weighted by molar-refractivity contribution is 6.31. The van der Waals surface area contributed by atoms with Crippen LogP contribution >= 0.6 is 11.6 Å². The summed E-state index contributed by atoms with van der Waals surface area (Å²) in [7, 11) is 0. The highest BCUT2D eigenvalue weighted by atomic mass is 35.5. The number of carbonyl (C=O) groups is 1. The molecule has 3 aromatic rings. The minimum Gasteiger partial charge on any atom is -0.454 e. The number of carbonyl (C=O) groups excluding carboxylic acids is 1. The molecule has 0 fully saturated rings. The number of hydrogen-bond acceptors (Lipinski definition) is 5. The molecule has 27 heavy (non-hydrogen) atoms. The van der Waals surface area contributed by atoms with E-state index in [9.17, 15) is 14.9 Å². The Bertz CT molecular complexity index is 1040. The van der Waals surface area contributed by atoms with E-state index in [-0.39, 0.29) is 11.4 Å². The summed E-state index contributed by atoms with van der Waals surface area (Å²) in [6.07, 6.45) is 0. The van der Waals surface area contributed by atoms with Gasteiger partial charge in [0.2, 0.25) is 0 Å². The summed E-state index contributed by atoms with van der Waals surface area (Å²) in [4.78, 5) is 22.7. The van der Waals surface area contributed by atoms with E-state index in [1.807, 2.05) is 13.8 Å². The van der Waals surface area contributed by atoms with Crippen molar-refractivity contribution in [3.05, 3.63) is 73.9 Å². The standard InChI is InChI=1S/C18H17ClN4O4/c1-10-8-13(23(25)26)4-6-15(10)20-18(24)16-7-5-14(27-16)9-22-12(3)17(19)11(2)21-22/h4-8H,9H2,1-3H3,(H,20,24). The van der Waals surface area contributed by atoms with Gasteiger partial charge < -0.3 is 9.73 Å². The van der Waals surface area contributed by atoms with Crippen molar-refractivity contribution in [2.24, 2.45) is 0 Å². The molecule has 1 N–H and O–H groups in total. The lowest BCUT2D eigenvalue weighted by Crippen LogP contribution is -2.12. The van der Waals surface area contributed by atoms with Gasteiger partial charge >= 0.3 is 0 Å². The monoisotopic (exact) mass is 388 g/mol. The van der Waals surface area contributed by atoms with Gasteiger partial charge in [0.15, 0.2) is 5.76 Å². The molecule has 0 aliphatic carbocycles. The average Bonchev–Trinajstić information content (AvgIpc) is 3.18. The van der Waals surface area contributed by atoms with Crippen LogP contribution in [0, 0.1) is 30.9 Å². The lowest BCUT2D eigenvalue weighted by Gasteiger charge is -2.07. The first-order valence-corrected chi connectivity index (χ1v) is 8.48. The fraction of sp³-hybridized carbons (Fsp3) is 0.222. The predicted molar refractivity (Wildman–Crippen MR) is 100 cm³/mol. The van der Waals surface area contributed by atoms with Gasteiger partial charge in [-0.25, -0.2) is 0 Å². The zero-order chi connectivity index (χ0) is 19.7. The van der Waals surface area contributed by atoms with E-state index in [1.54, 1.807) is 23.7 Å². The molecule has 0 saturated carbocycles. The summed E-state index contributed by atoms with van der Waals surface area (Å²) in [5.41, 5.74) is 2.58. The number of hydrogen-bond donors (Lipinski definition) is 1. The van der Waals surface area contributed by atoms with Gasteiger partial charge in [0, 0.05) is 17.8 Å². The van der Waals surface area contributed by atoms with E-state index in [0.29, 0.717) is 28.6 Å². The zero-order valence-corrected chi connectivity index (χ0v) is 15.7. The molecule has 9 heteroatoms. The second-order valence-electron chi connectivity index (χ2n) is 6.12. The molecule has 2 aromatic heterocycles. The van der Waals surface area contributed by atoms with E-state index in [2.05, 4.69) is 10.4 Å². The van der Waals surface area contributed by atoms with E-state index < -0.39 is 10.8 Å². The summed E-state index contributed by atoms with van der Waals surface area (Å²) in [5.74, 6) is 0.253. The molecule has 1 amide bonds. The van der Waals surface area contributed by atoms with Crippen LogP contribution in [0.4, 0.5) is 11.4 Å². The number of non-ortho nitro benzene ring substituents is 1. The molecule has 1 aromatic carbocycles. The Morgan fingerprint density at radius 1 is 1.30 bits per heavy atom. The highest BCUT2D eigenvalue weighted by Crippen LogP contribution is 2.23. The smallest absolute Gasteiger partial charge is 0.291 e. The minimum absolute atomic E-state index is 0.0330. The molecule has 3 rings (SSSR count). The normalized spacial score (nSPS) is 10.8. The number of nitrogens with zero attached hydrogens (tertiary/aromatic N) is 3. The summed E-state index contributed by atoms with van der Waals surface area (Å²) in [5, 5.41) is 18.4. The maximum Gasteiger partial charge on any atom is 0.291 e. The SMILES string of the molecule is Cc1cc([N+](=O)[O-])ccc1NC(=O)c1ccc(Cn2nc(C)c(Cl)c2C)o1. The van der Waals surface area contributed by atoms with Crippen molar-refractivity contribution in [1.82, 2.24) is 9.78 Å². The first-order valence-electron chi connectivity index (χ1n) is 8.11. The molecule has 0 radical (unpaired) electrons. The van der Waals surface area contributed by atoms with Crippen molar-refractivity contribution < 1.29 is 14.1 Å². The van der Waals surface area contributed by atoms with Crippen molar-refractivity contribution in [2.75, 3.05) is 5.32 Å². The summed E-state index contributed by atoms with van der Waals surface area (Å²) in [6.45, 7) is 5.71. The van der Waals surface area contributed by atoms with Crippen molar-refractivity contribution in [2.45, 2.75) is 27.3 Å². The predicted octanol–water partition coefficient (Wildman–Crippen LogP) is 4.26. The second-order valence-corrected chi connectivity index (χ2v) is 6.50. The van der Waals surface area contributed by atoms with Crippen molar-refractivity contribution in [3.63, 3.8) is 0 Å². The van der Waals surface area contributed by atoms with Crippen molar-refractivity contribution >= 4 is 28.9 Å². The third-order valence-corrected chi connectivity index (χ3v) is 4.70. The third kappa shape index (κ3) is 3.85. The molecule has 0 aliphatic heterocycles. The summed E-state index contributed by atoms with van der Waals surface area (Å²) in [6, 6.07) is 7.49. The Hall–Kier alpha value is -3.13. The first kappa shape index (κ1) is 18.7. The maximum absolute atomic E-state index is 12.4. The molecule has 2 heterocycles. The Morgan fingerprint density at radius 3 is 2.63 bits per heavy atom. The largest absolute Gasteiger partial charge is 0.454 e. The third-order valence-electron chi connectivity index (χ3n) is 4.15. The van der Waals surface area contributed by atoms with E-state index in [1.165, 1.54) is 18.2 Å². The van der Waals surface area contributed by atoms with Crippen LogP contribution in [0.25, 0.3) is 0 Å². The van der Waals surface area contributed by atoms with Gasteiger partial charge in [0.25, 0.3) is 11.6 Å². The van der Waals surface area contributed by atoms with Gasteiger partial charge in [0.1, 0.15) is 5.76 Å². The lowest BCUT2D eigenvalue weighted by molar-refractivity contribution is -0.384. The first-order chi connectivity index (χ1) is 12.8. The average molecular weight is 389 g/mol. The van der Waals surface area contributed by atoms with E-state index >= 15 is 0 Å². The molecule has 0 unspecified atom stereocenters. The Morgan fingerprint density at radius 2 is 2.04 bits per heavy atom. The van der Waals surface area contributed by atoms with Crippen LogP contribution in [-0.2, 0) is 6.54 Å². The van der Waals surface area contributed by atoms with Crippen LogP contribution in [-0.4, -0.2) is 20.6 Å². The fourth-order valence-corrected chi connectivity index (χ4v) is 2.78. The van der Waals surface area contributed by atoms with Crippen molar-refractivity contribution in [1.29, 1.82) is 0 Å². The summed E-state index contributed by atoms with van der Waals surface area (Å²) < 4.78 is 7.31. The number of aromatic nitrogens is 2. The van der Waals surface area contributed by atoms with Gasteiger partial charge in [-0.3, -0.25) is 19.6 Å². The van der Waals surface area contributed by atoms with Crippen LogP contribution < -0.4 is 5.32 Å². The van der Waals surface area contributed by atoms with Crippen LogP contribution in [0.5, 0.6) is 0 Å². The number of nitrogens with one attached hydrogen (secondary N) is 1. The highest BCUT2D eigenvalue weighted by Gasteiger charge is 2.16. The molecular weight excluding hydrogens is 372 g/mol. The second kappa shape index (κ2) is 7.24. The number of nitro groups is 1. The zero-order valence-electron chi connectivity index (χ0n) is 14.9. The summed E-state index contributed by atoms with van der Waals surface area (Å²) >= 11 is 6.14. The number of aryl methyl sites for hydroxylation is 2. The number of halogens is 1. The Labute approximate surface area is 159 Å². The lowest BCUT2D eigenvalue weighted by atomic mass is 10.2. The number of rotatable bonds is 5. The Kier molecular flexibility index (Phi) is 5.00. The molecular formula is C18H17ClN4O4.